The molecule has 1 atom stereocenters. The number of para-hydroxylation sites is 1. The molecule has 2 heterocycles. The molecule has 3 rings (SSSR count). The Morgan fingerprint density at radius 1 is 1.07 bits per heavy atom. The van der Waals surface area contributed by atoms with Crippen LogP contribution in [0.4, 0.5) is 24.9 Å². The molecule has 1 aromatic carbocycles. The van der Waals surface area contributed by atoms with E-state index in [1.54, 1.807) is 6.92 Å². The Hall–Kier alpha value is -2.42. The Labute approximate surface area is 178 Å². The van der Waals surface area contributed by atoms with E-state index in [1.165, 1.54) is 11.3 Å². The highest BCUT2D eigenvalue weighted by atomic mass is 32.1. The minimum Gasteiger partial charge on any atom is -0.369 e. The van der Waals surface area contributed by atoms with E-state index in [1.807, 2.05) is 24.3 Å². The van der Waals surface area contributed by atoms with Crippen LogP contribution in [0.15, 0.2) is 24.3 Å². The van der Waals surface area contributed by atoms with Crippen molar-refractivity contribution in [3.8, 4) is 10.6 Å². The molecule has 30 heavy (non-hydrogen) atoms. The standard InChI is InChI=1S/C21H26F3N5S/c1-4-7-13(2)10-11-25-18-17(19-28-15-8-5-6-9-16(15)30-19)14(3)27-20(29-18)26-12-21(22,23)24/h5-6,8-9,13H,4,7,10-12H2,1-3H3,(H2,25,26,27,29). The third-order valence-corrected chi connectivity index (χ3v) is 5.81. The number of rotatable bonds is 9. The number of nitrogens with zero attached hydrogens (tertiary/aromatic N) is 3. The highest BCUT2D eigenvalue weighted by Crippen LogP contribution is 2.36. The smallest absolute Gasteiger partial charge is 0.369 e. The average Bonchev–Trinajstić information content (AvgIpc) is 3.09. The number of halogens is 3. The van der Waals surface area contributed by atoms with Crippen molar-refractivity contribution in [1.82, 2.24) is 15.0 Å². The Bertz CT molecular complexity index is 953. The number of anilines is 2. The molecule has 0 bridgehead atoms. The van der Waals surface area contributed by atoms with Gasteiger partial charge in [0.2, 0.25) is 5.95 Å². The van der Waals surface area contributed by atoms with E-state index in [0.29, 0.717) is 24.0 Å². The summed E-state index contributed by atoms with van der Waals surface area (Å²) in [7, 11) is 0. The van der Waals surface area contributed by atoms with Crippen LogP contribution >= 0.6 is 11.3 Å². The summed E-state index contributed by atoms with van der Waals surface area (Å²) in [5, 5.41) is 6.35. The van der Waals surface area contributed by atoms with E-state index in [-0.39, 0.29) is 5.95 Å². The molecule has 0 aliphatic heterocycles. The number of hydrogen-bond acceptors (Lipinski definition) is 6. The summed E-state index contributed by atoms with van der Waals surface area (Å²) in [5.74, 6) is 1.02. The maximum atomic E-state index is 12.6. The second-order valence-electron chi connectivity index (χ2n) is 7.42. The zero-order valence-corrected chi connectivity index (χ0v) is 18.1. The maximum Gasteiger partial charge on any atom is 0.405 e. The second kappa shape index (κ2) is 9.59. The zero-order chi connectivity index (χ0) is 21.7. The Balaban J connectivity index is 1.92. The van der Waals surface area contributed by atoms with Crippen molar-refractivity contribution in [3.05, 3.63) is 30.0 Å². The fourth-order valence-electron chi connectivity index (χ4n) is 3.27. The van der Waals surface area contributed by atoms with Gasteiger partial charge in [-0.1, -0.05) is 38.8 Å². The monoisotopic (exact) mass is 437 g/mol. The van der Waals surface area contributed by atoms with Gasteiger partial charge in [0, 0.05) is 6.54 Å². The molecule has 162 valence electrons. The molecule has 0 amide bonds. The molecule has 9 heteroatoms. The fraction of sp³-hybridized carbons (Fsp3) is 0.476. The Kier molecular flexibility index (Phi) is 7.12. The zero-order valence-electron chi connectivity index (χ0n) is 17.3. The molecule has 0 saturated heterocycles. The summed E-state index contributed by atoms with van der Waals surface area (Å²) < 4.78 is 38.9. The summed E-state index contributed by atoms with van der Waals surface area (Å²) in [6.07, 6.45) is -1.14. The topological polar surface area (TPSA) is 62.7 Å². The third kappa shape index (κ3) is 5.81. The van der Waals surface area contributed by atoms with Crippen molar-refractivity contribution in [2.24, 2.45) is 5.92 Å². The lowest BCUT2D eigenvalue weighted by Crippen LogP contribution is -2.23. The number of fused-ring (bicyclic) bond motifs is 1. The van der Waals surface area contributed by atoms with E-state index in [9.17, 15) is 13.2 Å². The quantitative estimate of drug-likeness (QED) is 0.413. The van der Waals surface area contributed by atoms with Gasteiger partial charge in [-0.15, -0.1) is 11.3 Å². The first kappa shape index (κ1) is 22.3. The van der Waals surface area contributed by atoms with E-state index in [4.69, 9.17) is 4.98 Å². The van der Waals surface area contributed by atoms with Gasteiger partial charge in [-0.2, -0.15) is 18.2 Å². The first-order valence-electron chi connectivity index (χ1n) is 10.1. The summed E-state index contributed by atoms with van der Waals surface area (Å²) in [5.41, 5.74) is 2.19. The molecule has 0 spiro atoms. The number of aryl methyl sites for hydroxylation is 1. The van der Waals surface area contributed by atoms with Gasteiger partial charge in [-0.3, -0.25) is 0 Å². The largest absolute Gasteiger partial charge is 0.405 e. The molecule has 2 N–H and O–H groups in total. The predicted octanol–water partition coefficient (Wildman–Crippen LogP) is 6.27. The van der Waals surface area contributed by atoms with E-state index in [2.05, 4.69) is 34.4 Å². The van der Waals surface area contributed by atoms with Gasteiger partial charge in [0.1, 0.15) is 17.4 Å². The van der Waals surface area contributed by atoms with Gasteiger partial charge < -0.3 is 10.6 Å². The van der Waals surface area contributed by atoms with Crippen molar-refractivity contribution in [2.75, 3.05) is 23.7 Å². The lowest BCUT2D eigenvalue weighted by Gasteiger charge is -2.16. The van der Waals surface area contributed by atoms with Crippen molar-refractivity contribution < 1.29 is 13.2 Å². The van der Waals surface area contributed by atoms with Crippen LogP contribution in [-0.4, -0.2) is 34.2 Å². The maximum absolute atomic E-state index is 12.6. The van der Waals surface area contributed by atoms with Gasteiger partial charge in [-0.05, 0) is 31.4 Å². The van der Waals surface area contributed by atoms with Crippen molar-refractivity contribution >= 4 is 33.3 Å². The minimum absolute atomic E-state index is 0.0428. The molecule has 0 fully saturated rings. The van der Waals surface area contributed by atoms with E-state index < -0.39 is 12.7 Å². The van der Waals surface area contributed by atoms with Crippen LogP contribution in [0.25, 0.3) is 20.8 Å². The number of hydrogen-bond donors (Lipinski definition) is 2. The van der Waals surface area contributed by atoms with Crippen molar-refractivity contribution in [2.45, 2.75) is 46.2 Å². The van der Waals surface area contributed by atoms with E-state index in [0.717, 1.165) is 40.1 Å². The van der Waals surface area contributed by atoms with Crippen LogP contribution in [0.2, 0.25) is 0 Å². The first-order valence-corrected chi connectivity index (χ1v) is 10.9. The van der Waals surface area contributed by atoms with Crippen LogP contribution in [0.5, 0.6) is 0 Å². The molecule has 3 aromatic rings. The van der Waals surface area contributed by atoms with Gasteiger partial charge in [0.15, 0.2) is 0 Å². The van der Waals surface area contributed by atoms with Crippen LogP contribution in [0, 0.1) is 12.8 Å². The number of nitrogens with one attached hydrogen (secondary N) is 2. The predicted molar refractivity (Wildman–Crippen MR) is 117 cm³/mol. The van der Waals surface area contributed by atoms with Crippen molar-refractivity contribution in [3.63, 3.8) is 0 Å². The minimum atomic E-state index is -4.34. The van der Waals surface area contributed by atoms with Crippen molar-refractivity contribution in [1.29, 1.82) is 0 Å². The molecular weight excluding hydrogens is 411 g/mol. The average molecular weight is 438 g/mol. The molecule has 0 radical (unpaired) electrons. The van der Waals surface area contributed by atoms with Crippen LogP contribution in [-0.2, 0) is 0 Å². The van der Waals surface area contributed by atoms with E-state index >= 15 is 0 Å². The molecule has 5 nitrogen and oxygen atoms in total. The summed E-state index contributed by atoms with van der Waals surface area (Å²) in [6.45, 7) is 5.61. The van der Waals surface area contributed by atoms with Gasteiger partial charge in [0.25, 0.3) is 0 Å². The summed E-state index contributed by atoms with van der Waals surface area (Å²) in [6, 6.07) is 7.80. The van der Waals surface area contributed by atoms with Crippen LogP contribution in [0.1, 0.15) is 38.8 Å². The number of benzene rings is 1. The summed E-state index contributed by atoms with van der Waals surface area (Å²) in [4.78, 5) is 13.3. The number of aromatic nitrogens is 3. The van der Waals surface area contributed by atoms with Crippen LogP contribution in [0.3, 0.4) is 0 Å². The molecule has 0 saturated carbocycles. The summed E-state index contributed by atoms with van der Waals surface area (Å²) >= 11 is 1.52. The van der Waals surface area contributed by atoms with Gasteiger partial charge in [-0.25, -0.2) is 9.97 Å². The lowest BCUT2D eigenvalue weighted by atomic mass is 10.0. The number of thiazole rings is 1. The first-order chi connectivity index (χ1) is 14.3. The van der Waals surface area contributed by atoms with Gasteiger partial charge in [0.05, 0.1) is 21.5 Å². The highest BCUT2D eigenvalue weighted by Gasteiger charge is 2.27. The molecular formula is C21H26F3N5S. The second-order valence-corrected chi connectivity index (χ2v) is 8.45. The fourth-order valence-corrected chi connectivity index (χ4v) is 4.33. The van der Waals surface area contributed by atoms with Gasteiger partial charge >= 0.3 is 6.18 Å². The highest BCUT2D eigenvalue weighted by molar-refractivity contribution is 7.21. The molecule has 0 aliphatic rings. The Morgan fingerprint density at radius 2 is 1.83 bits per heavy atom. The molecule has 2 aromatic heterocycles. The SMILES string of the molecule is CCCC(C)CCNc1nc(NCC(F)(F)F)nc(C)c1-c1nc2ccccc2s1. The molecule has 0 aliphatic carbocycles. The lowest BCUT2D eigenvalue weighted by molar-refractivity contribution is -0.115. The normalized spacial score (nSPS) is 12.9. The Morgan fingerprint density at radius 3 is 2.53 bits per heavy atom. The third-order valence-electron chi connectivity index (χ3n) is 4.76. The van der Waals surface area contributed by atoms with Crippen LogP contribution < -0.4 is 10.6 Å². The number of alkyl halides is 3. The molecule has 1 unspecified atom stereocenters.